The molecule has 15 heteroatoms. The van der Waals surface area contributed by atoms with Crippen LogP contribution >= 0.6 is 0 Å². The molecule has 2 aliphatic heterocycles. The van der Waals surface area contributed by atoms with Gasteiger partial charge in [0.15, 0.2) is 0 Å². The number of rotatable bonds is 12. The summed E-state index contributed by atoms with van der Waals surface area (Å²) < 4.78 is 15.1. The Kier molecular flexibility index (Phi) is 11.2. The second-order valence-corrected chi connectivity index (χ2v) is 16.8. The number of hydrogen-bond donors (Lipinski definition) is 4. The van der Waals surface area contributed by atoms with Gasteiger partial charge in [-0.05, 0) is 85.5 Å². The van der Waals surface area contributed by atoms with Crippen molar-refractivity contribution in [2.24, 2.45) is 17.8 Å². The van der Waals surface area contributed by atoms with E-state index in [2.05, 4.69) is 69.1 Å². The minimum Gasteiger partial charge on any atom is -0.453 e. The third-order valence-corrected chi connectivity index (χ3v) is 13.1. The number of carbonyl (C=O) groups excluding carboxylic acids is 4. The summed E-state index contributed by atoms with van der Waals surface area (Å²) in [6, 6.07) is 14.8. The number of methoxy groups -OCH3 is 3. The number of aromatic amines is 2. The predicted molar refractivity (Wildman–Crippen MR) is 218 cm³/mol. The molecule has 0 unspecified atom stereocenters. The molecule has 0 spiro atoms. The number of alkyl carbamates (subject to hydrolysis) is 2. The molecular formula is C44H54N8O7. The number of likely N-dealkylation sites (tertiary alicyclic amines) is 2. The summed E-state index contributed by atoms with van der Waals surface area (Å²) in [5, 5.41) is 5.44. The van der Waals surface area contributed by atoms with Crippen LogP contribution in [-0.4, -0.2) is 105 Å². The van der Waals surface area contributed by atoms with Crippen LogP contribution in [0.3, 0.4) is 0 Å². The van der Waals surface area contributed by atoms with Crippen LogP contribution in [0.2, 0.25) is 0 Å². The number of carbonyl (C=O) groups is 4. The normalized spacial score (nSPS) is 24.6. The predicted octanol–water partition coefficient (Wildman–Crippen LogP) is 6.38. The van der Waals surface area contributed by atoms with Crippen LogP contribution in [0.25, 0.3) is 33.6 Å². The molecule has 8 rings (SSSR count). The van der Waals surface area contributed by atoms with Crippen LogP contribution in [0.1, 0.15) is 83.0 Å². The molecule has 4 amide bonds. The van der Waals surface area contributed by atoms with E-state index in [1.165, 1.54) is 21.3 Å². The van der Waals surface area contributed by atoms with Crippen molar-refractivity contribution in [3.05, 3.63) is 72.6 Å². The number of imidazole rings is 2. The Balaban J connectivity index is 0.952. The first-order valence-electron chi connectivity index (χ1n) is 20.7. The van der Waals surface area contributed by atoms with Crippen LogP contribution in [0.5, 0.6) is 0 Å². The van der Waals surface area contributed by atoms with E-state index in [-0.39, 0.29) is 47.8 Å². The third kappa shape index (κ3) is 7.56. The van der Waals surface area contributed by atoms with Gasteiger partial charge in [-0.3, -0.25) is 9.59 Å². The average Bonchev–Trinajstić information content (AvgIpc) is 4.13. The molecule has 4 aliphatic rings. The Hall–Kier alpha value is -5.70. The number of benzene rings is 2. The molecule has 2 saturated carbocycles. The third-order valence-electron chi connectivity index (χ3n) is 13.1. The maximum absolute atomic E-state index is 14.0. The highest BCUT2D eigenvalue weighted by Gasteiger charge is 2.53. The molecule has 2 aromatic carbocycles. The van der Waals surface area contributed by atoms with Gasteiger partial charge in [0.2, 0.25) is 11.8 Å². The Bertz CT molecular complexity index is 2170. The molecule has 4 fully saturated rings. The maximum Gasteiger partial charge on any atom is 0.407 e. The fourth-order valence-corrected chi connectivity index (χ4v) is 9.99. The number of nitrogens with one attached hydrogen (secondary N) is 4. The zero-order valence-electron chi connectivity index (χ0n) is 34.4. The molecule has 2 aromatic heterocycles. The minimum absolute atomic E-state index is 0.0716. The SMILES string of the molecule is COC(=O)N[C@H](C(=O)N1[C@@H]2CC[C@@H](C2)[C@H]1c1ncc(-c2ccc(-c3ccc(-c4cnc([C@@H]5[C@H]6CC[C@H](C6)N5C(=O)[C@@H](NC(=O)OC)[C@H](C)OC)[nH]4)cc3)cc2)[nH]1)C(C)C. The summed E-state index contributed by atoms with van der Waals surface area (Å²) in [4.78, 5) is 72.7. The van der Waals surface area contributed by atoms with Crippen molar-refractivity contribution in [2.45, 2.75) is 102 Å². The van der Waals surface area contributed by atoms with Gasteiger partial charge >= 0.3 is 12.2 Å². The second kappa shape index (κ2) is 16.5. The number of hydrogen-bond acceptors (Lipinski definition) is 9. The average molecular weight is 807 g/mol. The number of fused-ring (bicyclic) bond motifs is 4. The lowest BCUT2D eigenvalue weighted by atomic mass is 9.95. The van der Waals surface area contributed by atoms with Crippen LogP contribution in [-0.2, 0) is 23.8 Å². The van der Waals surface area contributed by atoms with E-state index in [1.807, 2.05) is 36.0 Å². The summed E-state index contributed by atoms with van der Waals surface area (Å²) in [7, 11) is 4.10. The summed E-state index contributed by atoms with van der Waals surface area (Å²) in [6.45, 7) is 5.61. The highest BCUT2D eigenvalue weighted by atomic mass is 16.5. The van der Waals surface area contributed by atoms with Crippen molar-refractivity contribution in [3.8, 4) is 33.6 Å². The van der Waals surface area contributed by atoms with Gasteiger partial charge in [0.25, 0.3) is 0 Å². The standard InChI is InChI=1S/C44H54N8O7/c1-23(2)35(49-43(55)58-5)41(53)51-31-17-15-29(19-31)37(51)39-45-21-33(47-39)27-11-7-25(8-12-27)26-9-13-28(14-10-26)34-22-46-40(48-34)38-30-16-18-32(20-30)52(38)42(54)36(24(3)57-4)50-44(56)59-6/h7-14,21-24,29-32,35-38H,15-20H2,1-6H3,(H,45,47)(H,46,48)(H,49,55)(H,50,56)/t24-,29-,30-,31+,32+,35-,36-,37-,38-/m0/s1. The molecule has 0 radical (unpaired) electrons. The van der Waals surface area contributed by atoms with E-state index in [0.29, 0.717) is 5.92 Å². The van der Waals surface area contributed by atoms with Gasteiger partial charge in [0, 0.05) is 19.2 Å². The van der Waals surface area contributed by atoms with E-state index in [4.69, 9.17) is 24.2 Å². The summed E-state index contributed by atoms with van der Waals surface area (Å²) in [5.74, 6) is 1.68. The molecule has 2 saturated heterocycles. The number of amides is 4. The molecule has 2 aliphatic carbocycles. The van der Waals surface area contributed by atoms with E-state index in [0.717, 1.165) is 83.8 Å². The van der Waals surface area contributed by atoms with Gasteiger partial charge in [-0.15, -0.1) is 0 Å². The van der Waals surface area contributed by atoms with Crippen molar-refractivity contribution in [1.29, 1.82) is 0 Å². The van der Waals surface area contributed by atoms with Gasteiger partial charge in [-0.1, -0.05) is 62.4 Å². The van der Waals surface area contributed by atoms with Crippen molar-refractivity contribution in [3.63, 3.8) is 0 Å². The van der Waals surface area contributed by atoms with E-state index in [9.17, 15) is 19.2 Å². The monoisotopic (exact) mass is 806 g/mol. The molecule has 4 N–H and O–H groups in total. The zero-order chi connectivity index (χ0) is 41.5. The molecule has 59 heavy (non-hydrogen) atoms. The van der Waals surface area contributed by atoms with Crippen LogP contribution in [0.4, 0.5) is 9.59 Å². The van der Waals surface area contributed by atoms with Crippen molar-refractivity contribution >= 4 is 24.0 Å². The summed E-state index contributed by atoms with van der Waals surface area (Å²) in [6.07, 6.45) is 7.55. The lowest BCUT2D eigenvalue weighted by Gasteiger charge is -2.37. The van der Waals surface area contributed by atoms with Crippen molar-refractivity contribution in [2.75, 3.05) is 21.3 Å². The lowest BCUT2D eigenvalue weighted by molar-refractivity contribution is -0.141. The molecule has 4 bridgehead atoms. The number of aromatic nitrogens is 4. The molecule has 15 nitrogen and oxygen atoms in total. The summed E-state index contributed by atoms with van der Waals surface area (Å²) in [5.41, 5.74) is 5.81. The Labute approximate surface area is 344 Å². The molecule has 4 heterocycles. The van der Waals surface area contributed by atoms with Gasteiger partial charge in [-0.25, -0.2) is 19.6 Å². The smallest absolute Gasteiger partial charge is 0.407 e. The number of H-pyrrole nitrogens is 2. The largest absolute Gasteiger partial charge is 0.453 e. The van der Waals surface area contributed by atoms with Gasteiger partial charge in [0.05, 0.1) is 56.2 Å². The topological polar surface area (TPSA) is 184 Å². The van der Waals surface area contributed by atoms with E-state index >= 15 is 0 Å². The van der Waals surface area contributed by atoms with Gasteiger partial charge < -0.3 is 44.6 Å². The first-order chi connectivity index (χ1) is 28.5. The Morgan fingerprint density at radius 3 is 1.44 bits per heavy atom. The van der Waals surface area contributed by atoms with Gasteiger partial charge in [-0.2, -0.15) is 0 Å². The van der Waals surface area contributed by atoms with E-state index in [1.54, 1.807) is 6.92 Å². The quantitative estimate of drug-likeness (QED) is 0.126. The lowest BCUT2D eigenvalue weighted by Crippen LogP contribution is -2.56. The highest BCUT2D eigenvalue weighted by molar-refractivity contribution is 5.88. The number of nitrogens with zero attached hydrogens (tertiary/aromatic N) is 4. The zero-order valence-corrected chi connectivity index (χ0v) is 34.4. The molecule has 9 atom stereocenters. The Morgan fingerprint density at radius 1 is 0.627 bits per heavy atom. The Morgan fingerprint density at radius 2 is 1.03 bits per heavy atom. The molecule has 4 aromatic rings. The number of piperidine rings is 2. The fourth-order valence-electron chi connectivity index (χ4n) is 9.99. The second-order valence-electron chi connectivity index (χ2n) is 16.8. The molecular weight excluding hydrogens is 753 g/mol. The molecule has 312 valence electrons. The first-order valence-corrected chi connectivity index (χ1v) is 20.7. The van der Waals surface area contributed by atoms with Crippen molar-refractivity contribution < 1.29 is 33.4 Å². The van der Waals surface area contributed by atoms with Crippen LogP contribution in [0.15, 0.2) is 60.9 Å². The maximum atomic E-state index is 14.0. The van der Waals surface area contributed by atoms with E-state index < -0.39 is 30.4 Å². The minimum atomic E-state index is -0.889. The van der Waals surface area contributed by atoms with Crippen LogP contribution < -0.4 is 10.6 Å². The fraction of sp³-hybridized carbons (Fsp3) is 0.500. The van der Waals surface area contributed by atoms with Gasteiger partial charge in [0.1, 0.15) is 23.7 Å². The van der Waals surface area contributed by atoms with Crippen LogP contribution in [0, 0.1) is 17.8 Å². The van der Waals surface area contributed by atoms with Crippen molar-refractivity contribution in [1.82, 2.24) is 40.4 Å². The number of ether oxygens (including phenoxy) is 3. The summed E-state index contributed by atoms with van der Waals surface area (Å²) >= 11 is 0. The highest BCUT2D eigenvalue weighted by Crippen LogP contribution is 2.51. The first kappa shape index (κ1) is 40.1.